The summed E-state index contributed by atoms with van der Waals surface area (Å²) in [7, 11) is 3.11. The normalized spacial score (nSPS) is 11.2. The summed E-state index contributed by atoms with van der Waals surface area (Å²) in [6.07, 6.45) is 2.82. The largest absolute Gasteiger partial charge is 0.332 e. The number of nitrogens with one attached hydrogen (secondary N) is 1. The van der Waals surface area contributed by atoms with Crippen LogP contribution in [0.1, 0.15) is 25.5 Å². The Balaban J connectivity index is 2.77. The average Bonchev–Trinajstić information content (AvgIpc) is 2.75. The maximum Gasteiger partial charge on any atom is 0.332 e. The van der Waals surface area contributed by atoms with Crippen LogP contribution in [0.25, 0.3) is 11.0 Å². The molecule has 0 aliphatic rings. The molecule has 2 rings (SSSR count). The van der Waals surface area contributed by atoms with Crippen LogP contribution < -0.4 is 11.2 Å². The topological polar surface area (TPSA) is 72.7 Å². The Hall–Kier alpha value is -1.85. The van der Waals surface area contributed by atoms with E-state index in [1.807, 2.05) is 0 Å². The molecule has 0 bridgehead atoms. The summed E-state index contributed by atoms with van der Waals surface area (Å²) in [6, 6.07) is 0. The van der Waals surface area contributed by atoms with E-state index in [0.717, 1.165) is 29.5 Å². The van der Waals surface area contributed by atoms with Crippen molar-refractivity contribution in [2.24, 2.45) is 14.1 Å². The van der Waals surface area contributed by atoms with E-state index in [0.29, 0.717) is 11.0 Å². The van der Waals surface area contributed by atoms with Gasteiger partial charge in [-0.2, -0.15) is 5.10 Å². The highest BCUT2D eigenvalue weighted by atomic mass is 16.2. The van der Waals surface area contributed by atoms with E-state index in [-0.39, 0.29) is 11.2 Å². The maximum atomic E-state index is 12.0. The van der Waals surface area contributed by atoms with Crippen LogP contribution in [0.2, 0.25) is 0 Å². The highest BCUT2D eigenvalue weighted by molar-refractivity contribution is 5.76. The van der Waals surface area contributed by atoms with Crippen LogP contribution in [0.5, 0.6) is 0 Å². The molecule has 2 heterocycles. The number of hydrogen-bond acceptors (Lipinski definition) is 3. The number of fused-ring (bicyclic) bond motifs is 1. The van der Waals surface area contributed by atoms with Crippen molar-refractivity contribution in [3.63, 3.8) is 0 Å². The standard InChI is InChI=1S/C11H16N4O2/c1-4-5-6-7-8-9(13-12-7)14(2)11(17)15(3)10(8)16/h4-6H2,1-3H3,(H,12,13). The summed E-state index contributed by atoms with van der Waals surface area (Å²) < 4.78 is 2.51. The fraction of sp³-hybridized carbons (Fsp3) is 0.545. The van der Waals surface area contributed by atoms with Crippen LogP contribution >= 0.6 is 0 Å². The van der Waals surface area contributed by atoms with Crippen molar-refractivity contribution in [2.75, 3.05) is 0 Å². The summed E-state index contributed by atoms with van der Waals surface area (Å²) in [5.74, 6) is 0. The maximum absolute atomic E-state index is 12.0. The lowest BCUT2D eigenvalue weighted by atomic mass is 10.1. The van der Waals surface area contributed by atoms with Crippen molar-refractivity contribution in [1.82, 2.24) is 19.3 Å². The zero-order chi connectivity index (χ0) is 12.6. The van der Waals surface area contributed by atoms with E-state index in [2.05, 4.69) is 17.1 Å². The smallest absolute Gasteiger partial charge is 0.280 e. The lowest BCUT2D eigenvalue weighted by molar-refractivity contribution is 0.708. The van der Waals surface area contributed by atoms with Gasteiger partial charge in [-0.1, -0.05) is 13.3 Å². The van der Waals surface area contributed by atoms with Gasteiger partial charge in [-0.15, -0.1) is 0 Å². The fourth-order valence-electron chi connectivity index (χ4n) is 1.94. The first kappa shape index (κ1) is 11.6. The van der Waals surface area contributed by atoms with Crippen LogP contribution in [-0.4, -0.2) is 19.3 Å². The third-order valence-electron chi connectivity index (χ3n) is 3.01. The van der Waals surface area contributed by atoms with Crippen molar-refractivity contribution in [3.8, 4) is 0 Å². The Morgan fingerprint density at radius 2 is 1.94 bits per heavy atom. The molecule has 0 aliphatic heterocycles. The van der Waals surface area contributed by atoms with Gasteiger partial charge in [0.1, 0.15) is 5.39 Å². The van der Waals surface area contributed by atoms with E-state index in [1.54, 1.807) is 7.05 Å². The average molecular weight is 236 g/mol. The second-order valence-electron chi connectivity index (χ2n) is 4.21. The molecule has 0 saturated carbocycles. The molecule has 6 nitrogen and oxygen atoms in total. The molecule has 17 heavy (non-hydrogen) atoms. The third-order valence-corrected chi connectivity index (χ3v) is 3.01. The third kappa shape index (κ3) is 1.69. The molecular formula is C11H16N4O2. The Bertz CT molecular complexity index is 662. The zero-order valence-electron chi connectivity index (χ0n) is 10.3. The highest BCUT2D eigenvalue weighted by Crippen LogP contribution is 2.11. The molecule has 1 N–H and O–H groups in total. The van der Waals surface area contributed by atoms with Crippen molar-refractivity contribution < 1.29 is 0 Å². The van der Waals surface area contributed by atoms with Gasteiger partial charge in [-0.25, -0.2) is 4.79 Å². The van der Waals surface area contributed by atoms with Crippen molar-refractivity contribution in [3.05, 3.63) is 26.5 Å². The summed E-state index contributed by atoms with van der Waals surface area (Å²) in [4.78, 5) is 23.7. The second kappa shape index (κ2) is 4.20. The van der Waals surface area contributed by atoms with Gasteiger partial charge in [0.15, 0.2) is 5.65 Å². The second-order valence-corrected chi connectivity index (χ2v) is 4.21. The number of nitrogens with zero attached hydrogens (tertiary/aromatic N) is 3. The number of hydrogen-bond donors (Lipinski definition) is 1. The molecule has 0 aliphatic carbocycles. The summed E-state index contributed by atoms with van der Waals surface area (Å²) >= 11 is 0. The summed E-state index contributed by atoms with van der Waals surface area (Å²) in [5.41, 5.74) is 0.626. The number of rotatable bonds is 3. The van der Waals surface area contributed by atoms with Gasteiger partial charge in [0.25, 0.3) is 5.56 Å². The molecular weight excluding hydrogens is 220 g/mol. The predicted octanol–water partition coefficient (Wildman–Crippen LogP) is 0.303. The first-order valence-corrected chi connectivity index (χ1v) is 5.70. The van der Waals surface area contributed by atoms with E-state index in [9.17, 15) is 9.59 Å². The van der Waals surface area contributed by atoms with Gasteiger partial charge in [0.2, 0.25) is 0 Å². The molecule has 0 unspecified atom stereocenters. The van der Waals surface area contributed by atoms with Gasteiger partial charge >= 0.3 is 5.69 Å². The number of aromatic amines is 1. The Labute approximate surface area is 97.9 Å². The van der Waals surface area contributed by atoms with Gasteiger partial charge in [-0.3, -0.25) is 19.0 Å². The number of aryl methyl sites for hydroxylation is 2. The molecule has 0 spiro atoms. The molecule has 6 heteroatoms. The van der Waals surface area contributed by atoms with E-state index in [4.69, 9.17) is 0 Å². The zero-order valence-corrected chi connectivity index (χ0v) is 10.3. The van der Waals surface area contributed by atoms with Gasteiger partial charge in [0.05, 0.1) is 5.69 Å². The van der Waals surface area contributed by atoms with Gasteiger partial charge in [0, 0.05) is 14.1 Å². The van der Waals surface area contributed by atoms with Crippen LogP contribution in [-0.2, 0) is 20.5 Å². The van der Waals surface area contributed by atoms with Crippen LogP contribution in [0.15, 0.2) is 9.59 Å². The molecule has 0 saturated heterocycles. The molecule has 92 valence electrons. The predicted molar refractivity (Wildman–Crippen MR) is 65.2 cm³/mol. The molecule has 0 atom stereocenters. The molecule has 2 aromatic rings. The Morgan fingerprint density at radius 3 is 2.59 bits per heavy atom. The highest BCUT2D eigenvalue weighted by Gasteiger charge is 2.14. The van der Waals surface area contributed by atoms with Crippen molar-refractivity contribution in [1.29, 1.82) is 0 Å². The molecule has 0 aromatic carbocycles. The first-order chi connectivity index (χ1) is 8.07. The van der Waals surface area contributed by atoms with Gasteiger partial charge in [-0.05, 0) is 12.8 Å². The van der Waals surface area contributed by atoms with Gasteiger partial charge < -0.3 is 0 Å². The number of aromatic nitrogens is 4. The molecule has 0 amide bonds. The lowest BCUT2D eigenvalue weighted by Crippen LogP contribution is -2.37. The molecule has 2 aromatic heterocycles. The number of H-pyrrole nitrogens is 1. The SMILES string of the molecule is CCCCc1[nH]nc2c1c(=O)n(C)c(=O)n2C. The minimum atomic E-state index is -0.351. The van der Waals surface area contributed by atoms with Crippen LogP contribution in [0, 0.1) is 0 Å². The van der Waals surface area contributed by atoms with Crippen molar-refractivity contribution in [2.45, 2.75) is 26.2 Å². The summed E-state index contributed by atoms with van der Waals surface area (Å²) in [5, 5.41) is 7.45. The minimum absolute atomic E-state index is 0.275. The summed E-state index contributed by atoms with van der Waals surface area (Å²) in [6.45, 7) is 2.09. The van der Waals surface area contributed by atoms with Crippen LogP contribution in [0.3, 0.4) is 0 Å². The van der Waals surface area contributed by atoms with E-state index >= 15 is 0 Å². The van der Waals surface area contributed by atoms with Crippen molar-refractivity contribution >= 4 is 11.0 Å². The number of unbranched alkanes of at least 4 members (excludes halogenated alkanes) is 1. The van der Waals surface area contributed by atoms with E-state index < -0.39 is 0 Å². The Morgan fingerprint density at radius 1 is 1.24 bits per heavy atom. The Kier molecular flexibility index (Phi) is 2.87. The lowest BCUT2D eigenvalue weighted by Gasteiger charge is -2.02. The first-order valence-electron chi connectivity index (χ1n) is 5.70. The van der Waals surface area contributed by atoms with Crippen LogP contribution in [0.4, 0.5) is 0 Å². The quantitative estimate of drug-likeness (QED) is 0.833. The minimum Gasteiger partial charge on any atom is -0.280 e. The van der Waals surface area contributed by atoms with E-state index in [1.165, 1.54) is 11.6 Å². The fourth-order valence-corrected chi connectivity index (χ4v) is 1.94. The molecule has 0 radical (unpaired) electrons. The molecule has 0 fully saturated rings. The monoisotopic (exact) mass is 236 g/mol.